The van der Waals surface area contributed by atoms with Crippen molar-refractivity contribution in [3.63, 3.8) is 0 Å². The molecule has 0 unspecified atom stereocenters. The zero-order valence-electron chi connectivity index (χ0n) is 17.5. The summed E-state index contributed by atoms with van der Waals surface area (Å²) in [6.45, 7) is 0.122. The molecule has 174 valence electrons. The number of ether oxygens (including phenoxy) is 1. The zero-order valence-corrected chi connectivity index (χ0v) is 19.1. The second kappa shape index (κ2) is 10.7. The number of halogens is 3. The number of rotatable bonds is 9. The largest absolute Gasteiger partial charge is 0.383 e. The van der Waals surface area contributed by atoms with E-state index in [0.717, 1.165) is 24.3 Å². The third-order valence-electron chi connectivity index (χ3n) is 4.64. The molecular weight excluding hydrogens is 476 g/mol. The Hall–Kier alpha value is -3.01. The van der Waals surface area contributed by atoms with Crippen molar-refractivity contribution in [1.29, 1.82) is 0 Å². The van der Waals surface area contributed by atoms with Crippen LogP contribution in [0.4, 0.5) is 8.78 Å². The van der Waals surface area contributed by atoms with E-state index in [1.807, 2.05) is 0 Å². The SMILES string of the molecule is COCCN(Cc1cc(Cl)ccc1OS(=O)(=O)c1ccc(F)cc1)C(=O)c1ccccc1F. The van der Waals surface area contributed by atoms with Crippen molar-refractivity contribution in [2.24, 2.45) is 0 Å². The predicted molar refractivity (Wildman–Crippen MR) is 119 cm³/mol. The van der Waals surface area contributed by atoms with Crippen LogP contribution >= 0.6 is 11.6 Å². The molecule has 0 aliphatic carbocycles. The Balaban J connectivity index is 1.93. The van der Waals surface area contributed by atoms with Crippen LogP contribution in [0, 0.1) is 11.6 Å². The quantitative estimate of drug-likeness (QED) is 0.403. The number of nitrogens with zero attached hydrogens (tertiary/aromatic N) is 1. The van der Waals surface area contributed by atoms with Crippen LogP contribution in [-0.4, -0.2) is 39.5 Å². The van der Waals surface area contributed by atoms with E-state index < -0.39 is 27.7 Å². The first-order chi connectivity index (χ1) is 15.7. The molecule has 0 aliphatic heterocycles. The third-order valence-corrected chi connectivity index (χ3v) is 6.13. The van der Waals surface area contributed by atoms with Gasteiger partial charge in [-0.25, -0.2) is 8.78 Å². The minimum Gasteiger partial charge on any atom is -0.383 e. The fourth-order valence-electron chi connectivity index (χ4n) is 2.98. The maximum atomic E-state index is 14.2. The molecule has 3 aromatic rings. The Morgan fingerprint density at radius 2 is 1.73 bits per heavy atom. The summed E-state index contributed by atoms with van der Waals surface area (Å²) in [6, 6.07) is 13.9. The number of amides is 1. The van der Waals surface area contributed by atoms with Crippen LogP contribution in [0.1, 0.15) is 15.9 Å². The summed E-state index contributed by atoms with van der Waals surface area (Å²) in [5.74, 6) is -1.97. The highest BCUT2D eigenvalue weighted by Crippen LogP contribution is 2.28. The highest BCUT2D eigenvalue weighted by Gasteiger charge is 2.23. The van der Waals surface area contributed by atoms with Gasteiger partial charge in [0.1, 0.15) is 22.3 Å². The Morgan fingerprint density at radius 1 is 1.03 bits per heavy atom. The topological polar surface area (TPSA) is 72.9 Å². The van der Waals surface area contributed by atoms with Gasteiger partial charge in [0, 0.05) is 30.8 Å². The monoisotopic (exact) mass is 495 g/mol. The Kier molecular flexibility index (Phi) is 8.01. The van der Waals surface area contributed by atoms with Crippen LogP contribution < -0.4 is 4.18 Å². The summed E-state index contributed by atoms with van der Waals surface area (Å²) >= 11 is 6.10. The van der Waals surface area contributed by atoms with Gasteiger partial charge >= 0.3 is 10.1 Å². The highest BCUT2D eigenvalue weighted by atomic mass is 35.5. The first-order valence-corrected chi connectivity index (χ1v) is 11.5. The summed E-state index contributed by atoms with van der Waals surface area (Å²) in [7, 11) is -2.84. The van der Waals surface area contributed by atoms with Gasteiger partial charge in [-0.3, -0.25) is 4.79 Å². The fraction of sp³-hybridized carbons (Fsp3) is 0.174. The van der Waals surface area contributed by atoms with E-state index in [4.69, 9.17) is 20.5 Å². The van der Waals surface area contributed by atoms with Crippen molar-refractivity contribution in [3.05, 3.63) is 94.5 Å². The van der Waals surface area contributed by atoms with E-state index in [0.29, 0.717) is 0 Å². The normalized spacial score (nSPS) is 11.3. The number of methoxy groups -OCH3 is 1. The molecule has 6 nitrogen and oxygen atoms in total. The molecule has 10 heteroatoms. The predicted octanol–water partition coefficient (Wildman–Crippen LogP) is 4.67. The number of benzene rings is 3. The van der Waals surface area contributed by atoms with Crippen molar-refractivity contribution in [1.82, 2.24) is 4.90 Å². The summed E-state index contributed by atoms with van der Waals surface area (Å²) in [6.07, 6.45) is 0. The van der Waals surface area contributed by atoms with E-state index >= 15 is 0 Å². The van der Waals surface area contributed by atoms with Crippen LogP contribution in [0.25, 0.3) is 0 Å². The molecule has 3 rings (SSSR count). The summed E-state index contributed by atoms with van der Waals surface area (Å²) < 4.78 is 63.1. The molecule has 0 aromatic heterocycles. The molecule has 0 spiro atoms. The van der Waals surface area contributed by atoms with Crippen LogP contribution in [0.5, 0.6) is 5.75 Å². The van der Waals surface area contributed by atoms with Gasteiger partial charge in [0.05, 0.1) is 12.2 Å². The molecule has 0 saturated carbocycles. The van der Waals surface area contributed by atoms with Gasteiger partial charge in [-0.2, -0.15) is 8.42 Å². The van der Waals surface area contributed by atoms with E-state index in [2.05, 4.69) is 0 Å². The summed E-state index contributed by atoms with van der Waals surface area (Å²) in [5, 5.41) is 0.279. The molecular formula is C23H20ClF2NO5S. The zero-order chi connectivity index (χ0) is 24.0. The first kappa shape index (κ1) is 24.6. The van der Waals surface area contributed by atoms with Crippen molar-refractivity contribution < 1.29 is 30.9 Å². The Bertz CT molecular complexity index is 1240. The molecule has 1 amide bonds. The van der Waals surface area contributed by atoms with Gasteiger partial charge in [0.15, 0.2) is 0 Å². The van der Waals surface area contributed by atoms with Gasteiger partial charge < -0.3 is 13.8 Å². The number of carbonyl (C=O) groups excluding carboxylic acids is 1. The fourth-order valence-corrected chi connectivity index (χ4v) is 4.14. The van der Waals surface area contributed by atoms with E-state index in [-0.39, 0.29) is 46.5 Å². The minimum absolute atomic E-state index is 0.0764. The molecule has 0 aliphatic rings. The van der Waals surface area contributed by atoms with E-state index in [9.17, 15) is 22.0 Å². The van der Waals surface area contributed by atoms with Crippen molar-refractivity contribution in [3.8, 4) is 5.75 Å². The molecule has 0 bridgehead atoms. The molecule has 0 saturated heterocycles. The Morgan fingerprint density at radius 3 is 2.39 bits per heavy atom. The standard InChI is InChI=1S/C23H20ClF2NO5S/c1-31-13-12-27(23(28)20-4-2-3-5-21(20)26)15-16-14-17(24)6-11-22(16)32-33(29,30)19-9-7-18(25)8-10-19/h2-11,14H,12-13,15H2,1H3. The lowest BCUT2D eigenvalue weighted by atomic mass is 10.1. The smallest absolute Gasteiger partial charge is 0.339 e. The number of hydrogen-bond donors (Lipinski definition) is 0. The number of carbonyl (C=O) groups is 1. The lowest BCUT2D eigenvalue weighted by Gasteiger charge is -2.24. The van der Waals surface area contributed by atoms with Crippen LogP contribution in [0.3, 0.4) is 0 Å². The molecule has 0 heterocycles. The second-order valence-electron chi connectivity index (χ2n) is 6.94. The molecule has 0 fully saturated rings. The first-order valence-electron chi connectivity index (χ1n) is 9.72. The van der Waals surface area contributed by atoms with Crippen LogP contribution in [-0.2, 0) is 21.4 Å². The van der Waals surface area contributed by atoms with Crippen molar-refractivity contribution >= 4 is 27.6 Å². The lowest BCUT2D eigenvalue weighted by Crippen LogP contribution is -2.34. The second-order valence-corrected chi connectivity index (χ2v) is 8.93. The Labute approximate surface area is 195 Å². The summed E-state index contributed by atoms with van der Waals surface area (Å²) in [5.41, 5.74) is 0.131. The van der Waals surface area contributed by atoms with Crippen molar-refractivity contribution in [2.45, 2.75) is 11.4 Å². The highest BCUT2D eigenvalue weighted by molar-refractivity contribution is 7.87. The summed E-state index contributed by atoms with van der Waals surface area (Å²) in [4.78, 5) is 14.1. The lowest BCUT2D eigenvalue weighted by molar-refractivity contribution is 0.0675. The minimum atomic E-state index is -4.30. The van der Waals surface area contributed by atoms with Crippen molar-refractivity contribution in [2.75, 3.05) is 20.3 Å². The van der Waals surface area contributed by atoms with Gasteiger partial charge in [-0.05, 0) is 54.6 Å². The van der Waals surface area contributed by atoms with Gasteiger partial charge in [0.25, 0.3) is 5.91 Å². The van der Waals surface area contributed by atoms with Gasteiger partial charge in [-0.1, -0.05) is 23.7 Å². The molecule has 33 heavy (non-hydrogen) atoms. The van der Waals surface area contributed by atoms with Gasteiger partial charge in [-0.15, -0.1) is 0 Å². The third kappa shape index (κ3) is 6.28. The van der Waals surface area contributed by atoms with E-state index in [1.54, 1.807) is 0 Å². The maximum Gasteiger partial charge on any atom is 0.339 e. The molecule has 0 N–H and O–H groups in total. The van der Waals surface area contributed by atoms with Crippen LogP contribution in [0.15, 0.2) is 71.6 Å². The maximum absolute atomic E-state index is 14.2. The average molecular weight is 496 g/mol. The average Bonchev–Trinajstić information content (AvgIpc) is 2.78. The van der Waals surface area contributed by atoms with E-state index in [1.165, 1.54) is 54.5 Å². The van der Waals surface area contributed by atoms with Crippen LogP contribution in [0.2, 0.25) is 5.02 Å². The van der Waals surface area contributed by atoms with Gasteiger partial charge in [0.2, 0.25) is 0 Å². The molecule has 0 atom stereocenters. The molecule has 3 aromatic carbocycles. The number of hydrogen-bond acceptors (Lipinski definition) is 5. The molecule has 0 radical (unpaired) electrons.